The number of rotatable bonds is 6. The normalized spacial score (nSPS) is 9.90. The molecule has 0 aromatic heterocycles. The molecule has 0 rings (SSSR count). The number of ether oxygens (including phenoxy) is 1. The summed E-state index contributed by atoms with van der Waals surface area (Å²) in [6, 6.07) is 0.573. The summed E-state index contributed by atoms with van der Waals surface area (Å²) in [4.78, 5) is 0. The third kappa shape index (κ3) is 7.50. The zero-order valence-electron chi connectivity index (χ0n) is 6.89. The van der Waals surface area contributed by atoms with E-state index in [0.29, 0.717) is 6.04 Å². The number of hydrogen-bond donors (Lipinski definition) is 1. The molecule has 0 saturated heterocycles. The van der Waals surface area contributed by atoms with E-state index >= 15 is 0 Å². The minimum absolute atomic E-state index is 0.573. The number of nitrogens with one attached hydrogen (secondary N) is 1. The maximum atomic E-state index is 4.94. The van der Waals surface area contributed by atoms with Crippen molar-refractivity contribution in [1.29, 1.82) is 0 Å². The van der Waals surface area contributed by atoms with Gasteiger partial charge in [0.05, 0.1) is 12.9 Å². The highest BCUT2D eigenvalue weighted by Crippen LogP contribution is 1.82. The quantitative estimate of drug-likeness (QED) is 0.450. The van der Waals surface area contributed by atoms with E-state index in [1.807, 2.05) is 0 Å². The Hall–Kier alpha value is -0.500. The standard InChI is InChI=1S/C8H17NO/c1-4-10-7-5-6-9-8(2)3/h4,8-9H,1,5-7H2,2-3H3. The third-order valence-electron chi connectivity index (χ3n) is 1.11. The predicted molar refractivity (Wildman–Crippen MR) is 43.9 cm³/mol. The molecule has 1 N–H and O–H groups in total. The Labute approximate surface area is 63.3 Å². The van der Waals surface area contributed by atoms with Crippen LogP contribution in [0.5, 0.6) is 0 Å². The summed E-state index contributed by atoms with van der Waals surface area (Å²) in [5, 5.41) is 3.29. The van der Waals surface area contributed by atoms with Crippen LogP contribution in [0.4, 0.5) is 0 Å². The molecule has 0 aliphatic heterocycles. The van der Waals surface area contributed by atoms with E-state index < -0.39 is 0 Å². The van der Waals surface area contributed by atoms with E-state index in [-0.39, 0.29) is 0 Å². The lowest BCUT2D eigenvalue weighted by Crippen LogP contribution is -2.24. The number of hydrogen-bond acceptors (Lipinski definition) is 2. The van der Waals surface area contributed by atoms with Gasteiger partial charge in [0.2, 0.25) is 0 Å². The molecule has 10 heavy (non-hydrogen) atoms. The van der Waals surface area contributed by atoms with E-state index in [1.54, 1.807) is 0 Å². The lowest BCUT2D eigenvalue weighted by Gasteiger charge is -2.06. The van der Waals surface area contributed by atoms with Crippen LogP contribution in [0.1, 0.15) is 20.3 Å². The SMILES string of the molecule is C=COCCCNC(C)C. The molecule has 0 bridgehead atoms. The molecule has 0 aliphatic rings. The van der Waals surface area contributed by atoms with Crippen LogP contribution < -0.4 is 5.32 Å². The second kappa shape index (κ2) is 6.62. The Bertz CT molecular complexity index is 81.3. The summed E-state index contributed by atoms with van der Waals surface area (Å²) in [5.74, 6) is 0. The van der Waals surface area contributed by atoms with Crippen LogP contribution in [-0.2, 0) is 4.74 Å². The molecular formula is C8H17NO. The molecule has 2 nitrogen and oxygen atoms in total. The fourth-order valence-corrected chi connectivity index (χ4v) is 0.630. The third-order valence-corrected chi connectivity index (χ3v) is 1.11. The van der Waals surface area contributed by atoms with E-state index in [1.165, 1.54) is 6.26 Å². The average Bonchev–Trinajstić information content (AvgIpc) is 1.87. The molecule has 0 aromatic rings. The molecule has 0 atom stereocenters. The summed E-state index contributed by atoms with van der Waals surface area (Å²) < 4.78 is 4.94. The van der Waals surface area contributed by atoms with Crippen molar-refractivity contribution in [3.05, 3.63) is 12.8 Å². The van der Waals surface area contributed by atoms with Crippen molar-refractivity contribution in [3.63, 3.8) is 0 Å². The van der Waals surface area contributed by atoms with E-state index in [4.69, 9.17) is 4.74 Å². The molecule has 0 heterocycles. The Morgan fingerprint density at radius 2 is 2.30 bits per heavy atom. The fraction of sp³-hybridized carbons (Fsp3) is 0.750. The highest BCUT2D eigenvalue weighted by molar-refractivity contribution is 4.53. The summed E-state index contributed by atoms with van der Waals surface area (Å²) in [6.07, 6.45) is 2.53. The van der Waals surface area contributed by atoms with Gasteiger partial charge < -0.3 is 10.1 Å². The fourth-order valence-electron chi connectivity index (χ4n) is 0.630. The highest BCUT2D eigenvalue weighted by Gasteiger charge is 1.89. The molecule has 0 radical (unpaired) electrons. The van der Waals surface area contributed by atoms with Gasteiger partial charge in [0.15, 0.2) is 0 Å². The minimum Gasteiger partial charge on any atom is -0.502 e. The van der Waals surface area contributed by atoms with E-state index in [0.717, 1.165) is 19.6 Å². The van der Waals surface area contributed by atoms with Crippen LogP contribution in [0.2, 0.25) is 0 Å². The van der Waals surface area contributed by atoms with Crippen LogP contribution in [0.25, 0.3) is 0 Å². The minimum atomic E-state index is 0.573. The van der Waals surface area contributed by atoms with Gasteiger partial charge in [0.1, 0.15) is 0 Å². The van der Waals surface area contributed by atoms with Gasteiger partial charge in [0.25, 0.3) is 0 Å². The van der Waals surface area contributed by atoms with Gasteiger partial charge in [-0.3, -0.25) is 0 Å². The maximum Gasteiger partial charge on any atom is 0.0885 e. The second-order valence-electron chi connectivity index (χ2n) is 2.50. The highest BCUT2D eigenvalue weighted by atomic mass is 16.5. The van der Waals surface area contributed by atoms with Gasteiger partial charge >= 0.3 is 0 Å². The van der Waals surface area contributed by atoms with Gasteiger partial charge in [-0.05, 0) is 13.0 Å². The molecule has 0 spiro atoms. The summed E-state index contributed by atoms with van der Waals surface area (Å²) >= 11 is 0. The van der Waals surface area contributed by atoms with Crippen LogP contribution in [0.15, 0.2) is 12.8 Å². The monoisotopic (exact) mass is 143 g/mol. The zero-order chi connectivity index (χ0) is 7.82. The van der Waals surface area contributed by atoms with Gasteiger partial charge in [-0.1, -0.05) is 20.4 Å². The molecule has 0 aliphatic carbocycles. The lowest BCUT2D eigenvalue weighted by atomic mass is 10.3. The van der Waals surface area contributed by atoms with Gasteiger partial charge in [-0.15, -0.1) is 0 Å². The molecule has 0 aromatic carbocycles. The molecule has 0 unspecified atom stereocenters. The first-order valence-corrected chi connectivity index (χ1v) is 3.73. The Balaban J connectivity index is 2.83. The Morgan fingerprint density at radius 1 is 1.60 bits per heavy atom. The zero-order valence-corrected chi connectivity index (χ0v) is 6.89. The second-order valence-corrected chi connectivity index (χ2v) is 2.50. The van der Waals surface area contributed by atoms with Crippen molar-refractivity contribution in [2.24, 2.45) is 0 Å². The van der Waals surface area contributed by atoms with Crippen molar-refractivity contribution in [1.82, 2.24) is 5.32 Å². The molecule has 60 valence electrons. The molecular weight excluding hydrogens is 126 g/mol. The first kappa shape index (κ1) is 9.50. The lowest BCUT2D eigenvalue weighted by molar-refractivity contribution is 0.243. The molecule has 2 heteroatoms. The average molecular weight is 143 g/mol. The van der Waals surface area contributed by atoms with E-state index in [9.17, 15) is 0 Å². The van der Waals surface area contributed by atoms with Crippen molar-refractivity contribution in [2.75, 3.05) is 13.2 Å². The van der Waals surface area contributed by atoms with Crippen LogP contribution in [0, 0.1) is 0 Å². The summed E-state index contributed by atoms with van der Waals surface area (Å²) in [7, 11) is 0. The predicted octanol–water partition coefficient (Wildman–Crippen LogP) is 1.53. The first-order chi connectivity index (χ1) is 4.77. The Morgan fingerprint density at radius 3 is 2.80 bits per heavy atom. The topological polar surface area (TPSA) is 21.3 Å². The van der Waals surface area contributed by atoms with Crippen LogP contribution in [0.3, 0.4) is 0 Å². The van der Waals surface area contributed by atoms with Crippen molar-refractivity contribution in [2.45, 2.75) is 26.3 Å². The van der Waals surface area contributed by atoms with Gasteiger partial charge in [-0.25, -0.2) is 0 Å². The maximum absolute atomic E-state index is 4.94. The molecule has 0 amide bonds. The first-order valence-electron chi connectivity index (χ1n) is 3.73. The van der Waals surface area contributed by atoms with Crippen molar-refractivity contribution in [3.8, 4) is 0 Å². The van der Waals surface area contributed by atoms with Gasteiger partial charge in [-0.2, -0.15) is 0 Å². The van der Waals surface area contributed by atoms with Crippen molar-refractivity contribution < 1.29 is 4.74 Å². The summed E-state index contributed by atoms with van der Waals surface area (Å²) in [6.45, 7) is 9.50. The van der Waals surface area contributed by atoms with Crippen LogP contribution in [-0.4, -0.2) is 19.2 Å². The van der Waals surface area contributed by atoms with E-state index in [2.05, 4.69) is 25.7 Å². The molecule has 0 saturated carbocycles. The summed E-state index contributed by atoms with van der Waals surface area (Å²) in [5.41, 5.74) is 0. The van der Waals surface area contributed by atoms with Crippen molar-refractivity contribution >= 4 is 0 Å². The molecule has 0 fully saturated rings. The van der Waals surface area contributed by atoms with Crippen LogP contribution >= 0.6 is 0 Å². The largest absolute Gasteiger partial charge is 0.502 e. The van der Waals surface area contributed by atoms with Gasteiger partial charge in [0, 0.05) is 6.04 Å². The Kier molecular flexibility index (Phi) is 6.29. The smallest absolute Gasteiger partial charge is 0.0885 e.